The number of nitrogens with one attached hydrogen (secondary N) is 1. The molecule has 8 nitrogen and oxygen atoms in total. The summed E-state index contributed by atoms with van der Waals surface area (Å²) >= 11 is 1.44. The maximum Gasteiger partial charge on any atom is 0.263 e. The first-order valence-electron chi connectivity index (χ1n) is 9.42. The highest BCUT2D eigenvalue weighted by Gasteiger charge is 2.30. The van der Waals surface area contributed by atoms with Gasteiger partial charge in [0.2, 0.25) is 0 Å². The van der Waals surface area contributed by atoms with Crippen molar-refractivity contribution >= 4 is 28.7 Å². The second kappa shape index (κ2) is 6.80. The van der Waals surface area contributed by atoms with Crippen molar-refractivity contribution in [1.82, 2.24) is 30.1 Å². The lowest BCUT2D eigenvalue weighted by Crippen LogP contribution is -2.52. The van der Waals surface area contributed by atoms with Crippen molar-refractivity contribution < 1.29 is 4.79 Å². The first-order valence-corrected chi connectivity index (χ1v) is 10.2. The van der Waals surface area contributed by atoms with E-state index in [1.165, 1.54) is 11.3 Å². The van der Waals surface area contributed by atoms with Gasteiger partial charge in [-0.05, 0) is 26.0 Å². The number of nitrogens with zero attached hydrogens (tertiary/aromatic N) is 6. The van der Waals surface area contributed by atoms with Gasteiger partial charge in [-0.1, -0.05) is 20.8 Å². The largest absolute Gasteiger partial charge is 0.354 e. The quantitative estimate of drug-likeness (QED) is 0.725. The van der Waals surface area contributed by atoms with Crippen LogP contribution in [-0.4, -0.2) is 50.3 Å². The van der Waals surface area contributed by atoms with E-state index in [-0.39, 0.29) is 11.3 Å². The van der Waals surface area contributed by atoms with Gasteiger partial charge in [0.1, 0.15) is 10.7 Å². The molecule has 9 heteroatoms. The maximum atomic E-state index is 12.3. The van der Waals surface area contributed by atoms with Gasteiger partial charge in [-0.25, -0.2) is 4.98 Å². The van der Waals surface area contributed by atoms with Gasteiger partial charge in [-0.15, -0.1) is 26.6 Å². The van der Waals surface area contributed by atoms with Crippen LogP contribution in [0.1, 0.15) is 47.0 Å². The highest BCUT2D eigenvalue weighted by molar-refractivity contribution is 7.13. The van der Waals surface area contributed by atoms with Crippen LogP contribution in [0.5, 0.6) is 0 Å². The smallest absolute Gasteiger partial charge is 0.263 e. The molecule has 3 aromatic rings. The third-order valence-electron chi connectivity index (χ3n) is 4.86. The van der Waals surface area contributed by atoms with E-state index in [9.17, 15) is 4.79 Å². The lowest BCUT2D eigenvalue weighted by molar-refractivity contribution is 0.0947. The average Bonchev–Trinajstić information content (AvgIpc) is 3.15. The molecule has 3 aromatic heterocycles. The first-order chi connectivity index (χ1) is 13.2. The normalized spacial score (nSPS) is 15.1. The predicted octanol–water partition coefficient (Wildman–Crippen LogP) is 2.36. The number of aromatic nitrogens is 5. The Bertz CT molecular complexity index is 1030. The summed E-state index contributed by atoms with van der Waals surface area (Å²) in [6.07, 6.45) is 0. The number of rotatable bonds is 4. The average molecular weight is 400 g/mol. The number of anilines is 1. The standard InChI is InChI=1S/C19H25N7OS/c1-11-16(28-12(2)21-11)17(27)20-8-13-9-25(10-13)15-7-6-14-22-23-18(19(3,4)5)26(14)24-15/h6-7,13H,8-10H2,1-5H3,(H,20,27). The minimum atomic E-state index is -0.125. The lowest BCUT2D eigenvalue weighted by atomic mass is 9.96. The van der Waals surface area contributed by atoms with Crippen LogP contribution in [0.4, 0.5) is 5.82 Å². The number of carbonyl (C=O) groups excluding carboxylic acids is 1. The van der Waals surface area contributed by atoms with E-state index in [2.05, 4.69) is 46.2 Å². The molecule has 1 N–H and O–H groups in total. The molecule has 0 aromatic carbocycles. The third-order valence-corrected chi connectivity index (χ3v) is 5.93. The van der Waals surface area contributed by atoms with Crippen LogP contribution in [0, 0.1) is 19.8 Å². The molecule has 1 fully saturated rings. The Balaban J connectivity index is 1.37. The number of fused-ring (bicyclic) bond motifs is 1. The van der Waals surface area contributed by atoms with Gasteiger partial charge in [0.15, 0.2) is 11.5 Å². The second-order valence-corrected chi connectivity index (χ2v) is 9.57. The van der Waals surface area contributed by atoms with Crippen LogP contribution in [-0.2, 0) is 5.41 Å². The molecule has 1 aliphatic rings. The lowest BCUT2D eigenvalue weighted by Gasteiger charge is -2.40. The van der Waals surface area contributed by atoms with Crippen molar-refractivity contribution in [2.45, 2.75) is 40.0 Å². The summed E-state index contributed by atoms with van der Waals surface area (Å²) in [5.41, 5.74) is 1.43. The molecular weight excluding hydrogens is 374 g/mol. The highest BCUT2D eigenvalue weighted by Crippen LogP contribution is 2.25. The zero-order valence-electron chi connectivity index (χ0n) is 16.9. The number of aryl methyl sites for hydroxylation is 2. The fourth-order valence-corrected chi connectivity index (χ4v) is 4.20. The Kier molecular flexibility index (Phi) is 4.57. The van der Waals surface area contributed by atoms with Gasteiger partial charge in [-0.3, -0.25) is 4.79 Å². The molecule has 4 heterocycles. The molecule has 1 saturated heterocycles. The van der Waals surface area contributed by atoms with Crippen molar-refractivity contribution in [3.05, 3.63) is 33.5 Å². The third kappa shape index (κ3) is 3.46. The Morgan fingerprint density at radius 1 is 1.25 bits per heavy atom. The van der Waals surface area contributed by atoms with E-state index >= 15 is 0 Å². The van der Waals surface area contributed by atoms with Crippen molar-refractivity contribution in [2.75, 3.05) is 24.5 Å². The van der Waals surface area contributed by atoms with E-state index < -0.39 is 0 Å². The molecule has 4 rings (SSSR count). The van der Waals surface area contributed by atoms with Gasteiger partial charge < -0.3 is 10.2 Å². The zero-order valence-corrected chi connectivity index (χ0v) is 17.7. The van der Waals surface area contributed by atoms with Crippen molar-refractivity contribution in [2.24, 2.45) is 5.92 Å². The fourth-order valence-electron chi connectivity index (χ4n) is 3.36. The van der Waals surface area contributed by atoms with Crippen LogP contribution >= 0.6 is 11.3 Å². The summed E-state index contributed by atoms with van der Waals surface area (Å²) < 4.78 is 1.83. The maximum absolute atomic E-state index is 12.3. The van der Waals surface area contributed by atoms with Crippen molar-refractivity contribution in [1.29, 1.82) is 0 Å². The summed E-state index contributed by atoms with van der Waals surface area (Å²) in [5.74, 6) is 2.15. The molecule has 28 heavy (non-hydrogen) atoms. The van der Waals surface area contributed by atoms with Crippen LogP contribution in [0.2, 0.25) is 0 Å². The van der Waals surface area contributed by atoms with E-state index in [0.29, 0.717) is 17.3 Å². The molecule has 0 radical (unpaired) electrons. The van der Waals surface area contributed by atoms with E-state index in [4.69, 9.17) is 5.10 Å². The molecule has 0 atom stereocenters. The SMILES string of the molecule is Cc1nc(C)c(C(=O)NCC2CN(c3ccc4nnc(C(C)(C)C)n4n3)C2)s1. The Hall–Kier alpha value is -2.55. The van der Waals surface area contributed by atoms with Gasteiger partial charge >= 0.3 is 0 Å². The topological polar surface area (TPSA) is 88.3 Å². The summed E-state index contributed by atoms with van der Waals surface area (Å²) in [6.45, 7) is 12.5. The molecule has 0 saturated carbocycles. The monoisotopic (exact) mass is 399 g/mol. The van der Waals surface area contributed by atoms with Crippen LogP contribution < -0.4 is 10.2 Å². The summed E-state index contributed by atoms with van der Waals surface area (Å²) in [7, 11) is 0. The number of hydrogen-bond donors (Lipinski definition) is 1. The van der Waals surface area contributed by atoms with Crippen molar-refractivity contribution in [3.8, 4) is 0 Å². The highest BCUT2D eigenvalue weighted by atomic mass is 32.1. The molecular formula is C19H25N7OS. The van der Waals surface area contributed by atoms with Crippen LogP contribution in [0.15, 0.2) is 12.1 Å². The minimum Gasteiger partial charge on any atom is -0.354 e. The van der Waals surface area contributed by atoms with Crippen LogP contribution in [0.25, 0.3) is 5.65 Å². The molecule has 1 aliphatic heterocycles. The van der Waals surface area contributed by atoms with Gasteiger partial charge in [-0.2, -0.15) is 4.52 Å². The van der Waals surface area contributed by atoms with E-state index in [1.54, 1.807) is 0 Å². The molecule has 0 bridgehead atoms. The zero-order chi connectivity index (χ0) is 20.1. The summed E-state index contributed by atoms with van der Waals surface area (Å²) in [5, 5.41) is 17.2. The molecule has 0 spiro atoms. The second-order valence-electron chi connectivity index (χ2n) is 8.36. The minimum absolute atomic E-state index is 0.0274. The molecule has 148 valence electrons. The Labute approximate surface area is 168 Å². The van der Waals surface area contributed by atoms with Crippen molar-refractivity contribution in [3.63, 3.8) is 0 Å². The molecule has 0 unspecified atom stereocenters. The number of amides is 1. The predicted molar refractivity (Wildman–Crippen MR) is 109 cm³/mol. The first kappa shape index (κ1) is 18.8. The molecule has 1 amide bonds. The fraction of sp³-hybridized carbons (Fsp3) is 0.526. The molecule has 0 aliphatic carbocycles. The van der Waals surface area contributed by atoms with Gasteiger partial charge in [0.05, 0.1) is 10.7 Å². The van der Waals surface area contributed by atoms with E-state index in [1.807, 2.05) is 30.5 Å². The van der Waals surface area contributed by atoms with Gasteiger partial charge in [0.25, 0.3) is 5.91 Å². The summed E-state index contributed by atoms with van der Waals surface area (Å²) in [6, 6.07) is 3.93. The van der Waals surface area contributed by atoms with Crippen LogP contribution in [0.3, 0.4) is 0 Å². The number of carbonyl (C=O) groups is 1. The van der Waals surface area contributed by atoms with E-state index in [0.717, 1.165) is 41.1 Å². The number of thiazole rings is 1. The van der Waals surface area contributed by atoms with Gasteiger partial charge in [0, 0.05) is 31.0 Å². The number of hydrogen-bond acceptors (Lipinski definition) is 7. The Morgan fingerprint density at radius 2 is 2.00 bits per heavy atom. The summed E-state index contributed by atoms with van der Waals surface area (Å²) in [4.78, 5) is 19.6. The Morgan fingerprint density at radius 3 is 2.64 bits per heavy atom.